The Labute approximate surface area is 131 Å². The van der Waals surface area contributed by atoms with E-state index in [4.69, 9.17) is 22.4 Å². The number of hydrogen-bond acceptors (Lipinski definition) is 2. The highest BCUT2D eigenvalue weighted by atomic mass is 35.5. The molecule has 1 aromatic carbocycles. The molecule has 0 amide bonds. The van der Waals surface area contributed by atoms with Gasteiger partial charge in [0.2, 0.25) is 0 Å². The SMILES string of the molecule is Cc1c(Cl)cccc1C(N)Cc1ccn(C2CCCC2)n1. The Morgan fingerprint density at radius 2 is 2.10 bits per heavy atom. The lowest BCUT2D eigenvalue weighted by atomic mass is 9.98. The Morgan fingerprint density at radius 3 is 2.86 bits per heavy atom. The highest BCUT2D eigenvalue weighted by Gasteiger charge is 2.18. The van der Waals surface area contributed by atoms with E-state index in [1.165, 1.54) is 25.7 Å². The van der Waals surface area contributed by atoms with Gasteiger partial charge < -0.3 is 5.73 Å². The van der Waals surface area contributed by atoms with Gasteiger partial charge in [-0.05, 0) is 43.0 Å². The van der Waals surface area contributed by atoms with Gasteiger partial charge in [0.1, 0.15) is 0 Å². The zero-order valence-corrected chi connectivity index (χ0v) is 13.2. The predicted molar refractivity (Wildman–Crippen MR) is 86.6 cm³/mol. The van der Waals surface area contributed by atoms with Gasteiger partial charge in [-0.15, -0.1) is 0 Å². The van der Waals surface area contributed by atoms with Crippen LogP contribution >= 0.6 is 11.6 Å². The van der Waals surface area contributed by atoms with Crippen LogP contribution < -0.4 is 5.73 Å². The van der Waals surface area contributed by atoms with Crippen LogP contribution in [0.3, 0.4) is 0 Å². The zero-order chi connectivity index (χ0) is 14.8. The fourth-order valence-corrected chi connectivity index (χ4v) is 3.40. The lowest BCUT2D eigenvalue weighted by molar-refractivity contribution is 0.461. The van der Waals surface area contributed by atoms with Gasteiger partial charge in [-0.2, -0.15) is 5.10 Å². The van der Waals surface area contributed by atoms with Crippen molar-refractivity contribution >= 4 is 11.6 Å². The molecule has 112 valence electrons. The molecule has 3 nitrogen and oxygen atoms in total. The summed E-state index contributed by atoms with van der Waals surface area (Å²) in [4.78, 5) is 0. The summed E-state index contributed by atoms with van der Waals surface area (Å²) < 4.78 is 2.12. The Bertz CT molecular complexity index is 614. The minimum atomic E-state index is -0.0596. The van der Waals surface area contributed by atoms with Crippen LogP contribution in [0.25, 0.3) is 0 Å². The summed E-state index contributed by atoms with van der Waals surface area (Å²) in [6.07, 6.45) is 7.99. The van der Waals surface area contributed by atoms with Gasteiger partial charge in [-0.25, -0.2) is 0 Å². The van der Waals surface area contributed by atoms with Crippen LogP contribution in [-0.4, -0.2) is 9.78 Å². The quantitative estimate of drug-likeness (QED) is 0.920. The van der Waals surface area contributed by atoms with E-state index in [1.54, 1.807) is 0 Å². The summed E-state index contributed by atoms with van der Waals surface area (Å²) in [5.41, 5.74) is 9.60. The number of aromatic nitrogens is 2. The van der Waals surface area contributed by atoms with E-state index in [0.29, 0.717) is 6.04 Å². The Morgan fingerprint density at radius 1 is 1.33 bits per heavy atom. The number of halogens is 1. The van der Waals surface area contributed by atoms with Crippen LogP contribution in [0.2, 0.25) is 5.02 Å². The number of benzene rings is 1. The van der Waals surface area contributed by atoms with Crippen molar-refractivity contribution in [1.29, 1.82) is 0 Å². The average Bonchev–Trinajstić information content (AvgIpc) is 3.12. The lowest BCUT2D eigenvalue weighted by Gasteiger charge is -2.15. The topological polar surface area (TPSA) is 43.8 Å². The molecule has 2 aromatic rings. The fraction of sp³-hybridized carbons (Fsp3) is 0.471. The molecule has 1 heterocycles. The maximum absolute atomic E-state index is 6.35. The first-order chi connectivity index (χ1) is 10.1. The molecule has 1 aliphatic rings. The summed E-state index contributed by atoms with van der Waals surface area (Å²) >= 11 is 6.18. The molecule has 1 atom stereocenters. The summed E-state index contributed by atoms with van der Waals surface area (Å²) in [5, 5.41) is 5.49. The molecule has 1 unspecified atom stereocenters. The minimum Gasteiger partial charge on any atom is -0.324 e. The molecular formula is C17H22ClN3. The van der Waals surface area contributed by atoms with Crippen molar-refractivity contribution in [3.05, 3.63) is 52.3 Å². The van der Waals surface area contributed by atoms with Gasteiger partial charge in [-0.3, -0.25) is 4.68 Å². The third-order valence-electron chi connectivity index (χ3n) is 4.50. The molecule has 1 aliphatic carbocycles. The number of hydrogen-bond donors (Lipinski definition) is 1. The maximum Gasteiger partial charge on any atom is 0.0643 e. The monoisotopic (exact) mass is 303 g/mol. The predicted octanol–water partition coefficient (Wildman–Crippen LogP) is 4.20. The average molecular weight is 304 g/mol. The molecule has 1 saturated carbocycles. The number of rotatable bonds is 4. The molecule has 0 bridgehead atoms. The maximum atomic E-state index is 6.35. The van der Waals surface area contributed by atoms with E-state index < -0.39 is 0 Å². The van der Waals surface area contributed by atoms with Gasteiger partial charge in [-0.1, -0.05) is 36.6 Å². The van der Waals surface area contributed by atoms with Gasteiger partial charge in [0, 0.05) is 23.7 Å². The zero-order valence-electron chi connectivity index (χ0n) is 12.4. The van der Waals surface area contributed by atoms with E-state index >= 15 is 0 Å². The van der Waals surface area contributed by atoms with E-state index in [1.807, 2.05) is 19.1 Å². The highest BCUT2D eigenvalue weighted by molar-refractivity contribution is 6.31. The first-order valence-electron chi connectivity index (χ1n) is 7.70. The van der Waals surface area contributed by atoms with Gasteiger partial charge in [0.25, 0.3) is 0 Å². The molecule has 0 spiro atoms. The third kappa shape index (κ3) is 3.14. The van der Waals surface area contributed by atoms with Crippen LogP contribution in [0, 0.1) is 6.92 Å². The van der Waals surface area contributed by atoms with Crippen LogP contribution in [0.5, 0.6) is 0 Å². The second kappa shape index (κ2) is 6.20. The molecule has 1 fully saturated rings. The van der Waals surface area contributed by atoms with E-state index in [9.17, 15) is 0 Å². The summed E-state index contributed by atoms with van der Waals surface area (Å²) in [6.45, 7) is 2.02. The Hall–Kier alpha value is -1.32. The van der Waals surface area contributed by atoms with Gasteiger partial charge in [0.05, 0.1) is 11.7 Å². The van der Waals surface area contributed by atoms with Crippen LogP contribution in [-0.2, 0) is 6.42 Å². The Balaban J connectivity index is 1.72. The molecular weight excluding hydrogens is 282 g/mol. The smallest absolute Gasteiger partial charge is 0.0643 e. The molecule has 2 N–H and O–H groups in total. The largest absolute Gasteiger partial charge is 0.324 e. The van der Waals surface area contributed by atoms with Crippen molar-refractivity contribution in [3.8, 4) is 0 Å². The lowest BCUT2D eigenvalue weighted by Crippen LogP contribution is -2.15. The molecule has 3 rings (SSSR count). The van der Waals surface area contributed by atoms with Crippen molar-refractivity contribution < 1.29 is 0 Å². The van der Waals surface area contributed by atoms with Crippen molar-refractivity contribution in [2.45, 2.75) is 51.1 Å². The first kappa shape index (κ1) is 14.6. The molecule has 0 saturated heterocycles. The summed E-state index contributed by atoms with van der Waals surface area (Å²) in [6, 6.07) is 8.54. The van der Waals surface area contributed by atoms with E-state index in [2.05, 4.69) is 23.0 Å². The minimum absolute atomic E-state index is 0.0596. The summed E-state index contributed by atoms with van der Waals surface area (Å²) in [7, 11) is 0. The Kier molecular flexibility index (Phi) is 4.32. The molecule has 0 radical (unpaired) electrons. The summed E-state index contributed by atoms with van der Waals surface area (Å²) in [5.74, 6) is 0. The van der Waals surface area contributed by atoms with Gasteiger partial charge in [0.15, 0.2) is 0 Å². The van der Waals surface area contributed by atoms with Crippen molar-refractivity contribution in [3.63, 3.8) is 0 Å². The molecule has 4 heteroatoms. The second-order valence-electron chi connectivity index (χ2n) is 5.99. The normalized spacial score (nSPS) is 17.3. The third-order valence-corrected chi connectivity index (χ3v) is 4.91. The number of nitrogens with zero attached hydrogens (tertiary/aromatic N) is 2. The van der Waals surface area contributed by atoms with E-state index in [0.717, 1.165) is 28.3 Å². The highest BCUT2D eigenvalue weighted by Crippen LogP contribution is 2.29. The standard InChI is InChI=1S/C17H22ClN3/c1-12-15(7-4-8-16(12)18)17(19)11-13-9-10-21(20-13)14-5-2-3-6-14/h4,7-10,14,17H,2-3,5-6,11,19H2,1H3. The van der Waals surface area contributed by atoms with Crippen molar-refractivity contribution in [2.24, 2.45) is 5.73 Å². The fourth-order valence-electron chi connectivity index (χ4n) is 3.22. The molecule has 0 aliphatic heterocycles. The van der Waals surface area contributed by atoms with Crippen LogP contribution in [0.4, 0.5) is 0 Å². The van der Waals surface area contributed by atoms with Gasteiger partial charge >= 0.3 is 0 Å². The van der Waals surface area contributed by atoms with E-state index in [-0.39, 0.29) is 6.04 Å². The second-order valence-corrected chi connectivity index (χ2v) is 6.40. The first-order valence-corrected chi connectivity index (χ1v) is 8.07. The van der Waals surface area contributed by atoms with Crippen LogP contribution in [0.15, 0.2) is 30.5 Å². The number of nitrogens with two attached hydrogens (primary N) is 1. The van der Waals surface area contributed by atoms with Crippen molar-refractivity contribution in [2.75, 3.05) is 0 Å². The molecule has 1 aromatic heterocycles. The van der Waals surface area contributed by atoms with Crippen molar-refractivity contribution in [1.82, 2.24) is 9.78 Å². The molecule has 21 heavy (non-hydrogen) atoms. The van der Waals surface area contributed by atoms with Crippen LogP contribution in [0.1, 0.15) is 54.6 Å².